The predicted molar refractivity (Wildman–Crippen MR) is 61.2 cm³/mol. The van der Waals surface area contributed by atoms with Crippen LogP contribution in [0.2, 0.25) is 0 Å². The lowest BCUT2D eigenvalue weighted by Crippen LogP contribution is -2.44. The van der Waals surface area contributed by atoms with Crippen molar-refractivity contribution in [3.05, 3.63) is 23.9 Å². The highest BCUT2D eigenvalue weighted by atomic mass is 16.5. The van der Waals surface area contributed by atoms with Crippen molar-refractivity contribution in [3.63, 3.8) is 0 Å². The summed E-state index contributed by atoms with van der Waals surface area (Å²) < 4.78 is 5.39. The van der Waals surface area contributed by atoms with Gasteiger partial charge < -0.3 is 20.5 Å². The van der Waals surface area contributed by atoms with Gasteiger partial charge in [-0.3, -0.25) is 0 Å². The SMILES string of the molecule is NCc1ccnc(N2CCOC(CO)C2)c1. The van der Waals surface area contributed by atoms with Crippen LogP contribution in [-0.2, 0) is 11.3 Å². The molecule has 0 radical (unpaired) electrons. The number of aromatic nitrogens is 1. The average molecular weight is 223 g/mol. The van der Waals surface area contributed by atoms with E-state index in [0.29, 0.717) is 19.7 Å². The fourth-order valence-corrected chi connectivity index (χ4v) is 1.80. The van der Waals surface area contributed by atoms with Crippen LogP contribution < -0.4 is 10.6 Å². The molecule has 1 fully saturated rings. The Morgan fingerprint density at radius 2 is 2.50 bits per heavy atom. The van der Waals surface area contributed by atoms with Crippen molar-refractivity contribution in [2.24, 2.45) is 5.73 Å². The van der Waals surface area contributed by atoms with Crippen molar-refractivity contribution in [1.82, 2.24) is 4.98 Å². The molecule has 1 unspecified atom stereocenters. The second-order valence-electron chi connectivity index (χ2n) is 3.85. The fraction of sp³-hybridized carbons (Fsp3) is 0.545. The van der Waals surface area contributed by atoms with Crippen molar-refractivity contribution in [3.8, 4) is 0 Å². The van der Waals surface area contributed by atoms with Crippen LogP contribution in [0.15, 0.2) is 18.3 Å². The minimum absolute atomic E-state index is 0.0487. The van der Waals surface area contributed by atoms with E-state index in [-0.39, 0.29) is 12.7 Å². The largest absolute Gasteiger partial charge is 0.394 e. The Hall–Kier alpha value is -1.17. The number of hydrogen-bond acceptors (Lipinski definition) is 5. The fourth-order valence-electron chi connectivity index (χ4n) is 1.80. The number of hydrogen-bond donors (Lipinski definition) is 2. The number of pyridine rings is 1. The summed E-state index contributed by atoms with van der Waals surface area (Å²) in [5.74, 6) is 0.907. The third-order valence-corrected chi connectivity index (χ3v) is 2.71. The van der Waals surface area contributed by atoms with Gasteiger partial charge in [0.25, 0.3) is 0 Å². The number of nitrogens with zero attached hydrogens (tertiary/aromatic N) is 2. The molecule has 1 saturated heterocycles. The molecule has 5 nitrogen and oxygen atoms in total. The highest BCUT2D eigenvalue weighted by molar-refractivity contribution is 5.41. The molecule has 0 saturated carbocycles. The zero-order valence-electron chi connectivity index (χ0n) is 9.17. The molecule has 0 aliphatic carbocycles. The minimum Gasteiger partial charge on any atom is -0.394 e. The molecule has 1 aromatic heterocycles. The number of morpholine rings is 1. The molecule has 2 heterocycles. The Kier molecular flexibility index (Phi) is 3.71. The van der Waals surface area contributed by atoms with Gasteiger partial charge in [-0.2, -0.15) is 0 Å². The monoisotopic (exact) mass is 223 g/mol. The van der Waals surface area contributed by atoms with Crippen LogP contribution >= 0.6 is 0 Å². The summed E-state index contributed by atoms with van der Waals surface area (Å²) in [5, 5.41) is 9.06. The third-order valence-electron chi connectivity index (χ3n) is 2.71. The average Bonchev–Trinajstić information content (AvgIpc) is 2.39. The van der Waals surface area contributed by atoms with Crippen LogP contribution in [0.3, 0.4) is 0 Å². The summed E-state index contributed by atoms with van der Waals surface area (Å²) in [5.41, 5.74) is 6.66. The second kappa shape index (κ2) is 5.25. The summed E-state index contributed by atoms with van der Waals surface area (Å²) in [7, 11) is 0. The van der Waals surface area contributed by atoms with Crippen molar-refractivity contribution in [2.45, 2.75) is 12.6 Å². The predicted octanol–water partition coefficient (Wildman–Crippen LogP) is -0.262. The second-order valence-corrected chi connectivity index (χ2v) is 3.85. The molecule has 0 bridgehead atoms. The number of anilines is 1. The van der Waals surface area contributed by atoms with Crippen LogP contribution in [0, 0.1) is 0 Å². The Morgan fingerprint density at radius 3 is 3.25 bits per heavy atom. The maximum Gasteiger partial charge on any atom is 0.128 e. The highest BCUT2D eigenvalue weighted by Crippen LogP contribution is 2.16. The Morgan fingerprint density at radius 1 is 1.62 bits per heavy atom. The van der Waals surface area contributed by atoms with Crippen molar-refractivity contribution < 1.29 is 9.84 Å². The summed E-state index contributed by atoms with van der Waals surface area (Å²) in [6.07, 6.45) is 1.65. The number of nitrogens with two attached hydrogens (primary N) is 1. The van der Waals surface area contributed by atoms with E-state index in [1.165, 1.54) is 0 Å². The third kappa shape index (κ3) is 2.49. The van der Waals surface area contributed by atoms with Gasteiger partial charge in [0.1, 0.15) is 5.82 Å². The lowest BCUT2D eigenvalue weighted by atomic mass is 10.2. The van der Waals surface area contributed by atoms with Gasteiger partial charge in [-0.05, 0) is 17.7 Å². The first-order valence-electron chi connectivity index (χ1n) is 5.46. The standard InChI is InChI=1S/C11H17N3O2/c12-6-9-1-2-13-11(5-9)14-3-4-16-10(7-14)8-15/h1-2,5,10,15H,3-4,6-8,12H2. The lowest BCUT2D eigenvalue weighted by molar-refractivity contribution is 0.00336. The van der Waals surface area contributed by atoms with Gasteiger partial charge in [-0.1, -0.05) is 0 Å². The van der Waals surface area contributed by atoms with Gasteiger partial charge in [0.2, 0.25) is 0 Å². The number of rotatable bonds is 3. The molecule has 2 rings (SSSR count). The van der Waals surface area contributed by atoms with Crippen LogP contribution in [0.1, 0.15) is 5.56 Å². The van der Waals surface area contributed by atoms with Crippen molar-refractivity contribution in [2.75, 3.05) is 31.2 Å². The molecule has 1 aliphatic rings. The maximum absolute atomic E-state index is 9.06. The van der Waals surface area contributed by atoms with Gasteiger partial charge in [-0.15, -0.1) is 0 Å². The molecule has 0 amide bonds. The number of aliphatic hydroxyl groups excluding tert-OH is 1. The van der Waals surface area contributed by atoms with E-state index in [9.17, 15) is 0 Å². The minimum atomic E-state index is -0.114. The summed E-state index contributed by atoms with van der Waals surface area (Å²) >= 11 is 0. The number of aliphatic hydroxyl groups is 1. The molecule has 5 heteroatoms. The lowest BCUT2D eigenvalue weighted by Gasteiger charge is -2.33. The molecule has 0 aromatic carbocycles. The molecular weight excluding hydrogens is 206 g/mol. The van der Waals surface area contributed by atoms with Crippen LogP contribution in [0.4, 0.5) is 5.82 Å². The highest BCUT2D eigenvalue weighted by Gasteiger charge is 2.20. The Bertz CT molecular complexity index is 346. The van der Waals surface area contributed by atoms with E-state index < -0.39 is 0 Å². The van der Waals surface area contributed by atoms with Crippen LogP contribution in [0.5, 0.6) is 0 Å². The summed E-state index contributed by atoms with van der Waals surface area (Å²) in [6, 6.07) is 3.90. The van der Waals surface area contributed by atoms with E-state index in [4.69, 9.17) is 15.6 Å². The van der Waals surface area contributed by atoms with E-state index in [0.717, 1.165) is 17.9 Å². The van der Waals surface area contributed by atoms with Crippen LogP contribution in [-0.4, -0.2) is 42.5 Å². The van der Waals surface area contributed by atoms with E-state index in [2.05, 4.69) is 9.88 Å². The topological polar surface area (TPSA) is 71.6 Å². The quantitative estimate of drug-likeness (QED) is 0.738. The Labute approximate surface area is 94.8 Å². The zero-order chi connectivity index (χ0) is 11.4. The zero-order valence-corrected chi connectivity index (χ0v) is 9.17. The van der Waals surface area contributed by atoms with Gasteiger partial charge in [-0.25, -0.2) is 4.98 Å². The first-order valence-corrected chi connectivity index (χ1v) is 5.46. The van der Waals surface area contributed by atoms with Crippen molar-refractivity contribution in [1.29, 1.82) is 0 Å². The summed E-state index contributed by atoms with van der Waals surface area (Å²) in [4.78, 5) is 6.43. The van der Waals surface area contributed by atoms with Gasteiger partial charge in [0.15, 0.2) is 0 Å². The van der Waals surface area contributed by atoms with Gasteiger partial charge in [0.05, 0.1) is 19.3 Å². The molecule has 3 N–H and O–H groups in total. The van der Waals surface area contributed by atoms with Gasteiger partial charge >= 0.3 is 0 Å². The molecular formula is C11H17N3O2. The first kappa shape index (κ1) is 11.3. The van der Waals surface area contributed by atoms with E-state index in [1.54, 1.807) is 6.20 Å². The van der Waals surface area contributed by atoms with E-state index >= 15 is 0 Å². The summed E-state index contributed by atoms with van der Waals surface area (Å²) in [6.45, 7) is 2.67. The van der Waals surface area contributed by atoms with Crippen LogP contribution in [0.25, 0.3) is 0 Å². The van der Waals surface area contributed by atoms with E-state index in [1.807, 2.05) is 12.1 Å². The molecule has 88 valence electrons. The maximum atomic E-state index is 9.06. The first-order chi connectivity index (χ1) is 7.83. The molecule has 1 aliphatic heterocycles. The van der Waals surface area contributed by atoms with Crippen molar-refractivity contribution >= 4 is 5.82 Å². The molecule has 1 aromatic rings. The molecule has 16 heavy (non-hydrogen) atoms. The number of ether oxygens (including phenoxy) is 1. The van der Waals surface area contributed by atoms with Gasteiger partial charge in [0, 0.05) is 25.8 Å². The normalized spacial score (nSPS) is 21.1. The Balaban J connectivity index is 2.10. The smallest absolute Gasteiger partial charge is 0.128 e. The molecule has 0 spiro atoms. The molecule has 1 atom stereocenters.